The average molecular weight is 579 g/mol. The second kappa shape index (κ2) is 14.5. The zero-order valence-corrected chi connectivity index (χ0v) is 24.8. The summed E-state index contributed by atoms with van der Waals surface area (Å²) in [7, 11) is 1.66. The number of methoxy groups -OCH3 is 1. The van der Waals surface area contributed by atoms with E-state index in [1.165, 1.54) is 12.8 Å². The fraction of sp³-hybridized carbons (Fsp3) is 0.516. The molecule has 226 valence electrons. The number of hydrogen-bond donors (Lipinski definition) is 1. The lowest BCUT2D eigenvalue weighted by Crippen LogP contribution is -2.54. The summed E-state index contributed by atoms with van der Waals surface area (Å²) in [6.07, 6.45) is 5.90. The van der Waals surface area contributed by atoms with Gasteiger partial charge in [-0.05, 0) is 70.0 Å². The highest BCUT2D eigenvalue weighted by molar-refractivity contribution is 5.92. The number of benzene rings is 2. The lowest BCUT2D eigenvalue weighted by atomic mass is 10.1. The summed E-state index contributed by atoms with van der Waals surface area (Å²) >= 11 is 0. The Hall–Kier alpha value is -3.67. The van der Waals surface area contributed by atoms with Crippen molar-refractivity contribution in [1.82, 2.24) is 20.3 Å². The second-order valence-electron chi connectivity index (χ2n) is 10.8. The van der Waals surface area contributed by atoms with E-state index < -0.39 is 0 Å². The fourth-order valence-electron chi connectivity index (χ4n) is 5.44. The van der Waals surface area contributed by atoms with Crippen molar-refractivity contribution in [2.45, 2.75) is 45.3 Å². The minimum absolute atomic E-state index is 0.0928. The van der Waals surface area contributed by atoms with Gasteiger partial charge in [-0.15, -0.1) is 0 Å². The number of fused-ring (bicyclic) bond motifs is 1. The molecule has 11 heteroatoms. The lowest BCUT2D eigenvalue weighted by molar-refractivity contribution is -0.110. The summed E-state index contributed by atoms with van der Waals surface area (Å²) in [5, 5.41) is 8.14. The van der Waals surface area contributed by atoms with Crippen molar-refractivity contribution >= 4 is 28.8 Å². The maximum Gasteiger partial charge on any atom is 0.228 e. The molecule has 3 heterocycles. The van der Waals surface area contributed by atoms with Gasteiger partial charge in [0, 0.05) is 50.8 Å². The number of carbonyl (C=O) groups excluding carboxylic acids is 1. The van der Waals surface area contributed by atoms with Crippen LogP contribution in [0.15, 0.2) is 42.7 Å². The van der Waals surface area contributed by atoms with E-state index in [-0.39, 0.29) is 6.10 Å². The summed E-state index contributed by atoms with van der Waals surface area (Å²) in [6, 6.07) is 12.0. The normalized spacial score (nSPS) is 17.5. The molecule has 1 atom stereocenters. The minimum atomic E-state index is 0.0928. The predicted molar refractivity (Wildman–Crippen MR) is 163 cm³/mol. The maximum atomic E-state index is 12.1. The van der Waals surface area contributed by atoms with E-state index in [1.54, 1.807) is 18.4 Å². The molecule has 5 rings (SSSR count). The highest BCUT2D eigenvalue weighted by atomic mass is 16.5. The molecule has 0 aliphatic carbocycles. The van der Waals surface area contributed by atoms with E-state index in [0.717, 1.165) is 47.5 Å². The molecule has 2 saturated heterocycles. The molecule has 3 aromatic rings. The van der Waals surface area contributed by atoms with Gasteiger partial charge < -0.3 is 29.2 Å². The van der Waals surface area contributed by atoms with Crippen molar-refractivity contribution in [2.75, 3.05) is 69.6 Å². The third kappa shape index (κ3) is 7.39. The molecular formula is C31H42N6O5. The molecule has 2 aliphatic heterocycles. The van der Waals surface area contributed by atoms with E-state index in [0.29, 0.717) is 63.5 Å². The Labute approximate surface area is 247 Å². The van der Waals surface area contributed by atoms with Gasteiger partial charge in [-0.2, -0.15) is 0 Å². The summed E-state index contributed by atoms with van der Waals surface area (Å²) in [5.41, 5.74) is 1.60. The Morgan fingerprint density at radius 2 is 1.79 bits per heavy atom. The van der Waals surface area contributed by atoms with Crippen LogP contribution in [-0.2, 0) is 9.53 Å². The van der Waals surface area contributed by atoms with E-state index in [4.69, 9.17) is 18.9 Å². The van der Waals surface area contributed by atoms with Crippen LogP contribution in [0.5, 0.6) is 17.2 Å². The molecule has 0 spiro atoms. The number of aromatic nitrogens is 2. The number of rotatable bonds is 14. The molecule has 2 fully saturated rings. The zero-order valence-electron chi connectivity index (χ0n) is 24.8. The molecular weight excluding hydrogens is 536 g/mol. The largest absolute Gasteiger partial charge is 0.491 e. The Morgan fingerprint density at radius 1 is 1.02 bits per heavy atom. The van der Waals surface area contributed by atoms with Crippen molar-refractivity contribution in [3.63, 3.8) is 0 Å². The van der Waals surface area contributed by atoms with Crippen LogP contribution in [0.2, 0.25) is 0 Å². The van der Waals surface area contributed by atoms with Gasteiger partial charge in [0.1, 0.15) is 24.5 Å². The molecule has 0 radical (unpaired) electrons. The molecule has 2 aliphatic rings. The summed E-state index contributed by atoms with van der Waals surface area (Å²) in [6.45, 7) is 9.24. The van der Waals surface area contributed by atoms with Gasteiger partial charge in [0.2, 0.25) is 6.41 Å². The van der Waals surface area contributed by atoms with Gasteiger partial charge in [0.25, 0.3) is 0 Å². The van der Waals surface area contributed by atoms with Gasteiger partial charge in [-0.1, -0.05) is 0 Å². The summed E-state index contributed by atoms with van der Waals surface area (Å²) in [4.78, 5) is 23.6. The summed E-state index contributed by atoms with van der Waals surface area (Å²) in [5.74, 6) is 2.96. The van der Waals surface area contributed by atoms with Crippen LogP contribution in [-0.4, -0.2) is 93.2 Å². The number of hydrogen-bond acceptors (Lipinski definition) is 10. The average Bonchev–Trinajstić information content (AvgIpc) is 3.52. The quantitative estimate of drug-likeness (QED) is 0.225. The third-order valence-electron chi connectivity index (χ3n) is 7.54. The number of nitrogens with zero attached hydrogens (tertiary/aromatic N) is 5. The van der Waals surface area contributed by atoms with Gasteiger partial charge in [-0.3, -0.25) is 4.79 Å². The first-order valence-electron chi connectivity index (χ1n) is 14.8. The number of ether oxygens (including phenoxy) is 4. The highest BCUT2D eigenvalue weighted by Crippen LogP contribution is 2.36. The molecule has 1 N–H and O–H groups in total. The lowest BCUT2D eigenvalue weighted by Gasteiger charge is -2.40. The van der Waals surface area contributed by atoms with Crippen LogP contribution in [0.4, 0.5) is 11.5 Å². The molecule has 0 bridgehead atoms. The van der Waals surface area contributed by atoms with E-state index in [1.807, 2.05) is 50.2 Å². The number of piperazine rings is 1. The maximum absolute atomic E-state index is 12.1. The zero-order chi connectivity index (χ0) is 29.3. The van der Waals surface area contributed by atoms with Gasteiger partial charge in [-0.25, -0.2) is 20.0 Å². The van der Waals surface area contributed by atoms with Gasteiger partial charge in [0.15, 0.2) is 11.5 Å². The van der Waals surface area contributed by atoms with Gasteiger partial charge in [0.05, 0.1) is 30.5 Å². The van der Waals surface area contributed by atoms with Crippen molar-refractivity contribution in [3.8, 4) is 17.2 Å². The number of hydrazine groups is 1. The fourth-order valence-corrected chi connectivity index (χ4v) is 5.44. The van der Waals surface area contributed by atoms with Crippen LogP contribution < -0.4 is 29.4 Å². The Kier molecular flexibility index (Phi) is 10.3. The standard InChI is InChI=1S/C31H42N6O5/c1-23(2)42-26-8-6-25(7-9-26)37(22-38)36-14-12-35(13-15-36)31-27-19-29(41-18-17-39-3)30(20-28(27)33-21-34-31)40-16-10-24-5-4-11-32-24/h6-9,19-24,32H,4-5,10-18H2,1-3H3. The van der Waals surface area contributed by atoms with Gasteiger partial charge >= 0.3 is 0 Å². The first-order chi connectivity index (χ1) is 20.6. The Balaban J connectivity index is 1.29. The second-order valence-corrected chi connectivity index (χ2v) is 10.8. The SMILES string of the molecule is COCCOc1cc2c(N3CCN(N(C=O)c4ccc(OC(C)C)cc4)CC3)ncnc2cc1OCCC1CCCN1. The van der Waals surface area contributed by atoms with Crippen molar-refractivity contribution in [2.24, 2.45) is 0 Å². The number of nitrogens with one attached hydrogen (secondary N) is 1. The highest BCUT2D eigenvalue weighted by Gasteiger charge is 2.25. The molecule has 2 aromatic carbocycles. The minimum Gasteiger partial charge on any atom is -0.491 e. The first kappa shape index (κ1) is 29.8. The Bertz CT molecular complexity index is 1290. The van der Waals surface area contributed by atoms with Crippen LogP contribution >= 0.6 is 0 Å². The molecule has 1 amide bonds. The monoisotopic (exact) mass is 578 g/mol. The number of carbonyl (C=O) groups is 1. The smallest absolute Gasteiger partial charge is 0.228 e. The number of anilines is 2. The predicted octanol–water partition coefficient (Wildman–Crippen LogP) is 3.66. The van der Waals surface area contributed by atoms with E-state index in [2.05, 4.69) is 25.2 Å². The first-order valence-corrected chi connectivity index (χ1v) is 14.8. The van der Waals surface area contributed by atoms with E-state index in [9.17, 15) is 4.79 Å². The molecule has 1 unspecified atom stereocenters. The molecule has 1 aromatic heterocycles. The summed E-state index contributed by atoms with van der Waals surface area (Å²) < 4.78 is 23.2. The van der Waals surface area contributed by atoms with Crippen molar-refractivity contribution in [1.29, 1.82) is 0 Å². The van der Waals surface area contributed by atoms with Crippen molar-refractivity contribution in [3.05, 3.63) is 42.7 Å². The van der Waals surface area contributed by atoms with Crippen LogP contribution in [0.25, 0.3) is 10.9 Å². The third-order valence-corrected chi connectivity index (χ3v) is 7.54. The van der Waals surface area contributed by atoms with Crippen LogP contribution in [0.3, 0.4) is 0 Å². The van der Waals surface area contributed by atoms with E-state index >= 15 is 0 Å². The van der Waals surface area contributed by atoms with Crippen molar-refractivity contribution < 1.29 is 23.7 Å². The molecule has 0 saturated carbocycles. The molecule has 11 nitrogen and oxygen atoms in total. The molecule has 42 heavy (non-hydrogen) atoms. The topological polar surface area (TPSA) is 102 Å². The van der Waals surface area contributed by atoms with Crippen LogP contribution in [0.1, 0.15) is 33.1 Å². The number of amides is 1. The van der Waals surface area contributed by atoms with Crippen LogP contribution in [0, 0.1) is 0 Å². The Morgan fingerprint density at radius 3 is 2.48 bits per heavy atom.